The van der Waals surface area contributed by atoms with Crippen LogP contribution in [0.15, 0.2) is 27.6 Å². The average molecular weight is 300 g/mol. The van der Waals surface area contributed by atoms with E-state index in [4.69, 9.17) is 0 Å². The van der Waals surface area contributed by atoms with Gasteiger partial charge >= 0.3 is 0 Å². The molecule has 0 saturated carbocycles. The first-order valence-electron chi connectivity index (χ1n) is 5.17. The molecule has 2 aromatic rings. The highest BCUT2D eigenvalue weighted by atomic mass is 79.9. The SMILES string of the molecule is Cc1cnn(CCNCc2csc(Br)c2)c1. The lowest BCUT2D eigenvalue weighted by atomic mass is 10.3. The van der Waals surface area contributed by atoms with Gasteiger partial charge < -0.3 is 5.32 Å². The van der Waals surface area contributed by atoms with Gasteiger partial charge in [-0.2, -0.15) is 5.10 Å². The third-order valence-electron chi connectivity index (χ3n) is 2.23. The number of hydrogen-bond donors (Lipinski definition) is 1. The zero-order valence-corrected chi connectivity index (χ0v) is 11.5. The van der Waals surface area contributed by atoms with Crippen LogP contribution in [0.3, 0.4) is 0 Å². The normalized spacial score (nSPS) is 10.9. The molecule has 3 nitrogen and oxygen atoms in total. The molecule has 0 bridgehead atoms. The number of thiophene rings is 1. The third kappa shape index (κ3) is 3.43. The van der Waals surface area contributed by atoms with Crippen LogP contribution in [0.5, 0.6) is 0 Å². The van der Waals surface area contributed by atoms with Crippen LogP contribution in [0.4, 0.5) is 0 Å². The minimum atomic E-state index is 0.916. The standard InChI is InChI=1S/C11H14BrN3S/c1-9-5-14-15(7-9)3-2-13-6-10-4-11(12)16-8-10/h4-5,7-8,13H,2-3,6H2,1H3. The molecule has 0 unspecified atom stereocenters. The molecule has 0 saturated heterocycles. The molecule has 0 aliphatic carbocycles. The summed E-state index contributed by atoms with van der Waals surface area (Å²) in [5, 5.41) is 9.80. The summed E-state index contributed by atoms with van der Waals surface area (Å²) in [6.07, 6.45) is 3.94. The van der Waals surface area contributed by atoms with E-state index in [9.17, 15) is 0 Å². The first-order valence-corrected chi connectivity index (χ1v) is 6.84. The molecule has 0 spiro atoms. The van der Waals surface area contributed by atoms with Crippen LogP contribution in [-0.2, 0) is 13.1 Å². The summed E-state index contributed by atoms with van der Waals surface area (Å²) < 4.78 is 3.15. The fraction of sp³-hybridized carbons (Fsp3) is 0.364. The molecule has 0 amide bonds. The maximum atomic E-state index is 4.24. The quantitative estimate of drug-likeness (QED) is 0.861. The Morgan fingerprint density at radius 3 is 3.06 bits per heavy atom. The van der Waals surface area contributed by atoms with Crippen LogP contribution in [0.1, 0.15) is 11.1 Å². The number of nitrogens with zero attached hydrogens (tertiary/aromatic N) is 2. The van der Waals surface area contributed by atoms with Gasteiger partial charge in [0.05, 0.1) is 16.5 Å². The smallest absolute Gasteiger partial charge is 0.0701 e. The Bertz CT molecular complexity index is 407. The molecule has 2 aromatic heterocycles. The topological polar surface area (TPSA) is 29.9 Å². The number of aromatic nitrogens is 2. The number of nitrogens with one attached hydrogen (secondary N) is 1. The molecule has 0 aromatic carbocycles. The van der Waals surface area contributed by atoms with Gasteiger partial charge in [0.2, 0.25) is 0 Å². The summed E-state index contributed by atoms with van der Waals surface area (Å²) in [5.41, 5.74) is 2.54. The largest absolute Gasteiger partial charge is 0.311 e. The summed E-state index contributed by atoms with van der Waals surface area (Å²) in [6, 6.07) is 2.15. The van der Waals surface area contributed by atoms with Crippen LogP contribution in [0, 0.1) is 6.92 Å². The first kappa shape index (κ1) is 11.8. The second-order valence-electron chi connectivity index (χ2n) is 3.72. The van der Waals surface area contributed by atoms with Crippen molar-refractivity contribution in [1.29, 1.82) is 0 Å². The lowest BCUT2D eigenvalue weighted by Gasteiger charge is -2.03. The molecule has 86 valence electrons. The summed E-state index contributed by atoms with van der Waals surface area (Å²) in [6.45, 7) is 4.83. The Morgan fingerprint density at radius 1 is 1.56 bits per heavy atom. The van der Waals surface area contributed by atoms with E-state index in [0.29, 0.717) is 0 Å². The molecule has 0 aliphatic heterocycles. The van der Waals surface area contributed by atoms with Gasteiger partial charge in [-0.15, -0.1) is 11.3 Å². The van der Waals surface area contributed by atoms with E-state index in [0.717, 1.165) is 19.6 Å². The van der Waals surface area contributed by atoms with E-state index in [1.54, 1.807) is 11.3 Å². The average Bonchev–Trinajstić information content (AvgIpc) is 2.83. The zero-order chi connectivity index (χ0) is 11.4. The lowest BCUT2D eigenvalue weighted by molar-refractivity contribution is 0.555. The van der Waals surface area contributed by atoms with Crippen LogP contribution in [0.2, 0.25) is 0 Å². The van der Waals surface area contributed by atoms with E-state index in [2.05, 4.69) is 50.9 Å². The van der Waals surface area contributed by atoms with Crippen molar-refractivity contribution in [3.05, 3.63) is 38.8 Å². The predicted octanol–water partition coefficient (Wildman–Crippen LogP) is 2.81. The van der Waals surface area contributed by atoms with Crippen LogP contribution >= 0.6 is 27.3 Å². The van der Waals surface area contributed by atoms with Crippen LogP contribution < -0.4 is 5.32 Å². The van der Waals surface area contributed by atoms with Crippen molar-refractivity contribution in [3.8, 4) is 0 Å². The predicted molar refractivity (Wildman–Crippen MR) is 70.7 cm³/mol. The Labute approximate surface area is 108 Å². The second-order valence-corrected chi connectivity index (χ2v) is 6.01. The zero-order valence-electron chi connectivity index (χ0n) is 9.11. The molecule has 16 heavy (non-hydrogen) atoms. The fourth-order valence-corrected chi connectivity index (χ4v) is 2.66. The van der Waals surface area contributed by atoms with Gasteiger partial charge in [-0.1, -0.05) is 0 Å². The minimum absolute atomic E-state index is 0.916. The molecule has 0 fully saturated rings. The van der Waals surface area contributed by atoms with Crippen molar-refractivity contribution in [2.75, 3.05) is 6.54 Å². The highest BCUT2D eigenvalue weighted by Crippen LogP contribution is 2.20. The van der Waals surface area contributed by atoms with E-state index in [1.165, 1.54) is 14.9 Å². The second kappa shape index (κ2) is 5.61. The molecular formula is C11H14BrN3S. The van der Waals surface area contributed by atoms with Crippen molar-refractivity contribution in [3.63, 3.8) is 0 Å². The number of rotatable bonds is 5. The monoisotopic (exact) mass is 299 g/mol. The third-order valence-corrected chi connectivity index (χ3v) is 3.78. The summed E-state index contributed by atoms with van der Waals surface area (Å²) in [7, 11) is 0. The van der Waals surface area contributed by atoms with Gasteiger partial charge in [0.15, 0.2) is 0 Å². The van der Waals surface area contributed by atoms with Crippen LogP contribution in [0.25, 0.3) is 0 Å². The van der Waals surface area contributed by atoms with Gasteiger partial charge in [-0.3, -0.25) is 4.68 Å². The molecule has 0 atom stereocenters. The minimum Gasteiger partial charge on any atom is -0.311 e. The highest BCUT2D eigenvalue weighted by Gasteiger charge is 1.97. The van der Waals surface area contributed by atoms with Gasteiger partial charge in [-0.05, 0) is 45.4 Å². The van der Waals surface area contributed by atoms with Crippen LogP contribution in [-0.4, -0.2) is 16.3 Å². The van der Waals surface area contributed by atoms with Crippen molar-refractivity contribution in [2.45, 2.75) is 20.0 Å². The highest BCUT2D eigenvalue weighted by molar-refractivity contribution is 9.11. The first-order chi connectivity index (χ1) is 7.74. The number of hydrogen-bond acceptors (Lipinski definition) is 3. The van der Waals surface area contributed by atoms with Crippen molar-refractivity contribution in [2.24, 2.45) is 0 Å². The van der Waals surface area contributed by atoms with Gasteiger partial charge in [-0.25, -0.2) is 0 Å². The Kier molecular flexibility index (Phi) is 4.15. The maximum absolute atomic E-state index is 4.24. The Hall–Kier alpha value is -0.650. The van der Waals surface area contributed by atoms with E-state index in [-0.39, 0.29) is 0 Å². The van der Waals surface area contributed by atoms with Gasteiger partial charge in [0.1, 0.15) is 0 Å². The van der Waals surface area contributed by atoms with E-state index in [1.807, 2.05) is 10.9 Å². The lowest BCUT2D eigenvalue weighted by Crippen LogP contribution is -2.19. The van der Waals surface area contributed by atoms with Crippen molar-refractivity contribution < 1.29 is 0 Å². The van der Waals surface area contributed by atoms with E-state index < -0.39 is 0 Å². The molecule has 2 heterocycles. The summed E-state index contributed by atoms with van der Waals surface area (Å²) in [4.78, 5) is 0. The van der Waals surface area contributed by atoms with E-state index >= 15 is 0 Å². The number of aryl methyl sites for hydroxylation is 1. The molecule has 2 rings (SSSR count). The molecule has 1 N–H and O–H groups in total. The Balaban J connectivity index is 1.69. The molecule has 5 heteroatoms. The molecular weight excluding hydrogens is 286 g/mol. The van der Waals surface area contributed by atoms with Gasteiger partial charge in [0, 0.05) is 19.3 Å². The molecule has 0 radical (unpaired) electrons. The maximum Gasteiger partial charge on any atom is 0.0701 e. The Morgan fingerprint density at radius 2 is 2.44 bits per heavy atom. The number of halogens is 1. The summed E-state index contributed by atoms with van der Waals surface area (Å²) in [5.74, 6) is 0. The summed E-state index contributed by atoms with van der Waals surface area (Å²) >= 11 is 5.18. The fourth-order valence-electron chi connectivity index (χ4n) is 1.45. The van der Waals surface area contributed by atoms with Crippen molar-refractivity contribution >= 4 is 27.3 Å². The van der Waals surface area contributed by atoms with Gasteiger partial charge in [0.25, 0.3) is 0 Å². The van der Waals surface area contributed by atoms with Crippen molar-refractivity contribution in [1.82, 2.24) is 15.1 Å². The molecule has 0 aliphatic rings.